The number of carbonyl (C=O) groups excluding carboxylic acids is 1. The van der Waals surface area contributed by atoms with Crippen molar-refractivity contribution < 1.29 is 17.9 Å². The number of aromatic nitrogens is 2. The summed E-state index contributed by atoms with van der Waals surface area (Å²) in [5.74, 6) is -0.723. The van der Waals surface area contributed by atoms with E-state index in [9.17, 15) is 13.2 Å². The highest BCUT2D eigenvalue weighted by Gasteiger charge is 2.32. The molecular weight excluding hydrogens is 294 g/mol. The van der Waals surface area contributed by atoms with Gasteiger partial charge in [0.2, 0.25) is 5.03 Å². The van der Waals surface area contributed by atoms with Crippen molar-refractivity contribution in [1.82, 2.24) is 14.5 Å². The zero-order chi connectivity index (χ0) is 16.0. The molecule has 0 atom stereocenters. The van der Waals surface area contributed by atoms with Crippen LogP contribution < -0.4 is 0 Å². The normalized spacial score (nSPS) is 11.4. The molecule has 0 amide bonds. The van der Waals surface area contributed by atoms with Crippen LogP contribution in [0.4, 0.5) is 0 Å². The van der Waals surface area contributed by atoms with Crippen LogP contribution in [0.2, 0.25) is 0 Å². The van der Waals surface area contributed by atoms with Gasteiger partial charge in [-0.2, -0.15) is 9.40 Å². The summed E-state index contributed by atoms with van der Waals surface area (Å²) in [6.07, 6.45) is 2.90. The van der Waals surface area contributed by atoms with Gasteiger partial charge < -0.3 is 4.74 Å². The number of hydrogen-bond donors (Lipinski definition) is 1. The first kappa shape index (κ1) is 17.1. The summed E-state index contributed by atoms with van der Waals surface area (Å²) in [7, 11) is -3.95. The Morgan fingerprint density at radius 1 is 1.38 bits per heavy atom. The molecule has 1 heterocycles. The molecule has 0 spiro atoms. The van der Waals surface area contributed by atoms with E-state index >= 15 is 0 Å². The van der Waals surface area contributed by atoms with Crippen molar-refractivity contribution in [3.05, 3.63) is 36.6 Å². The number of aromatic amines is 1. The number of sulfonamides is 1. The first-order valence-electron chi connectivity index (χ1n) is 6.34. The lowest BCUT2D eigenvalue weighted by Crippen LogP contribution is -2.32. The van der Waals surface area contributed by atoms with E-state index in [2.05, 4.69) is 23.4 Å². The van der Waals surface area contributed by atoms with E-state index < -0.39 is 16.0 Å². The summed E-state index contributed by atoms with van der Waals surface area (Å²) in [4.78, 5) is 11.9. The highest BCUT2D eigenvalue weighted by Crippen LogP contribution is 2.21. The Labute approximate surface area is 124 Å². The number of nitrogens with zero attached hydrogens (tertiary/aromatic N) is 2. The van der Waals surface area contributed by atoms with Gasteiger partial charge in [-0.1, -0.05) is 12.2 Å². The third kappa shape index (κ3) is 3.59. The molecule has 0 saturated carbocycles. The number of rotatable bonds is 8. The molecule has 1 aromatic heterocycles. The minimum absolute atomic E-state index is 0.0741. The van der Waals surface area contributed by atoms with Crippen LogP contribution >= 0.6 is 0 Å². The van der Waals surface area contributed by atoms with Gasteiger partial charge in [-0.05, 0) is 13.8 Å². The lowest BCUT2D eigenvalue weighted by molar-refractivity contribution is 0.0521. The number of ether oxygens (including phenoxy) is 1. The predicted molar refractivity (Wildman–Crippen MR) is 78.4 cm³/mol. The predicted octanol–water partition coefficient (Wildman–Crippen LogP) is 1.26. The topological polar surface area (TPSA) is 92.4 Å². The van der Waals surface area contributed by atoms with Crippen LogP contribution in [-0.2, 0) is 14.8 Å². The van der Waals surface area contributed by atoms with Gasteiger partial charge in [0.1, 0.15) is 5.56 Å². The van der Waals surface area contributed by atoms with Gasteiger partial charge in [-0.15, -0.1) is 13.2 Å². The Morgan fingerprint density at radius 2 is 1.95 bits per heavy atom. The maximum Gasteiger partial charge on any atom is 0.343 e. The van der Waals surface area contributed by atoms with E-state index in [-0.39, 0.29) is 30.3 Å². The maximum atomic E-state index is 12.6. The molecule has 8 heteroatoms. The molecule has 0 bridgehead atoms. The van der Waals surface area contributed by atoms with Crippen molar-refractivity contribution >= 4 is 16.0 Å². The van der Waals surface area contributed by atoms with Gasteiger partial charge in [-0.25, -0.2) is 13.2 Å². The number of nitrogens with one attached hydrogen (secondary N) is 1. The third-order valence-corrected chi connectivity index (χ3v) is 4.41. The van der Waals surface area contributed by atoms with Gasteiger partial charge in [0.05, 0.1) is 6.61 Å². The number of esters is 1. The fraction of sp³-hybridized carbons (Fsp3) is 0.385. The average Bonchev–Trinajstić information content (AvgIpc) is 2.81. The average molecular weight is 313 g/mol. The number of H-pyrrole nitrogens is 1. The second-order valence-electron chi connectivity index (χ2n) is 4.15. The zero-order valence-electron chi connectivity index (χ0n) is 12.1. The molecule has 0 radical (unpaired) electrons. The Hall–Kier alpha value is -1.93. The number of hydrogen-bond acceptors (Lipinski definition) is 5. The Balaban J connectivity index is 3.34. The first-order chi connectivity index (χ1) is 9.89. The van der Waals surface area contributed by atoms with Crippen molar-refractivity contribution in [2.45, 2.75) is 18.9 Å². The van der Waals surface area contributed by atoms with Crippen LogP contribution in [0.1, 0.15) is 23.0 Å². The molecule has 0 aliphatic carbocycles. The van der Waals surface area contributed by atoms with Crippen LogP contribution in [0.3, 0.4) is 0 Å². The standard InChI is InChI=1S/C13H19N3O4S/c1-5-8-16(9-6-2)21(18,19)12-11(10(4)14-15-12)13(17)20-7-3/h5-6H,1-2,7-9H2,3-4H3,(H,14,15). The van der Waals surface area contributed by atoms with Gasteiger partial charge in [-0.3, -0.25) is 5.10 Å². The lowest BCUT2D eigenvalue weighted by Gasteiger charge is -2.18. The second-order valence-corrected chi connectivity index (χ2v) is 6.00. The summed E-state index contributed by atoms with van der Waals surface area (Å²) in [5, 5.41) is 5.92. The monoisotopic (exact) mass is 313 g/mol. The molecule has 0 unspecified atom stereocenters. The van der Waals surface area contributed by atoms with Crippen LogP contribution in [0.5, 0.6) is 0 Å². The zero-order valence-corrected chi connectivity index (χ0v) is 12.9. The SMILES string of the molecule is C=CCN(CC=C)S(=O)(=O)c1n[nH]c(C)c1C(=O)OCC. The highest BCUT2D eigenvalue weighted by molar-refractivity contribution is 7.89. The molecule has 0 saturated heterocycles. The molecule has 1 N–H and O–H groups in total. The van der Waals surface area contributed by atoms with E-state index in [0.29, 0.717) is 5.69 Å². The molecule has 1 rings (SSSR count). The van der Waals surface area contributed by atoms with Crippen LogP contribution in [0.15, 0.2) is 30.3 Å². The molecule has 0 aliphatic heterocycles. The van der Waals surface area contributed by atoms with E-state index in [1.807, 2.05) is 0 Å². The molecule has 0 aliphatic rings. The smallest absolute Gasteiger partial charge is 0.343 e. The minimum atomic E-state index is -3.95. The fourth-order valence-electron chi connectivity index (χ4n) is 1.72. The van der Waals surface area contributed by atoms with Crippen LogP contribution in [0, 0.1) is 6.92 Å². The van der Waals surface area contributed by atoms with Gasteiger partial charge in [0, 0.05) is 18.8 Å². The largest absolute Gasteiger partial charge is 0.462 e. The summed E-state index contributed by atoms with van der Waals surface area (Å²) in [5.41, 5.74) is 0.263. The molecule has 116 valence electrons. The van der Waals surface area contributed by atoms with Gasteiger partial charge in [0.25, 0.3) is 10.0 Å². The Morgan fingerprint density at radius 3 is 2.43 bits per heavy atom. The van der Waals surface area contributed by atoms with Crippen molar-refractivity contribution in [2.24, 2.45) is 0 Å². The molecule has 0 aromatic carbocycles. The Kier molecular flexibility index (Phi) is 5.86. The van der Waals surface area contributed by atoms with Crippen LogP contribution in [0.25, 0.3) is 0 Å². The Bertz CT molecular complexity index is 624. The minimum Gasteiger partial charge on any atom is -0.462 e. The third-order valence-electron chi connectivity index (χ3n) is 2.64. The van der Waals surface area contributed by atoms with Crippen molar-refractivity contribution in [1.29, 1.82) is 0 Å². The van der Waals surface area contributed by atoms with Gasteiger partial charge in [0.15, 0.2) is 0 Å². The maximum absolute atomic E-state index is 12.6. The summed E-state index contributed by atoms with van der Waals surface area (Å²) in [6, 6.07) is 0. The highest BCUT2D eigenvalue weighted by atomic mass is 32.2. The molecule has 7 nitrogen and oxygen atoms in total. The summed E-state index contributed by atoms with van der Waals surface area (Å²) in [6.45, 7) is 10.6. The number of carbonyl (C=O) groups is 1. The lowest BCUT2D eigenvalue weighted by atomic mass is 10.3. The summed E-state index contributed by atoms with van der Waals surface area (Å²) >= 11 is 0. The van der Waals surface area contributed by atoms with Crippen molar-refractivity contribution in [3.8, 4) is 0 Å². The fourth-order valence-corrected chi connectivity index (χ4v) is 3.22. The van der Waals surface area contributed by atoms with E-state index in [1.54, 1.807) is 13.8 Å². The molecule has 1 aromatic rings. The second kappa shape index (κ2) is 7.19. The summed E-state index contributed by atoms with van der Waals surface area (Å²) < 4.78 is 31.2. The van der Waals surface area contributed by atoms with E-state index in [0.717, 1.165) is 4.31 Å². The van der Waals surface area contributed by atoms with E-state index in [1.165, 1.54) is 12.2 Å². The molecule has 21 heavy (non-hydrogen) atoms. The van der Waals surface area contributed by atoms with Crippen molar-refractivity contribution in [3.63, 3.8) is 0 Å². The number of aryl methyl sites for hydroxylation is 1. The molecular formula is C13H19N3O4S. The molecule has 0 fully saturated rings. The van der Waals surface area contributed by atoms with Crippen LogP contribution in [-0.4, -0.2) is 48.6 Å². The van der Waals surface area contributed by atoms with Gasteiger partial charge >= 0.3 is 5.97 Å². The van der Waals surface area contributed by atoms with E-state index in [4.69, 9.17) is 4.74 Å². The first-order valence-corrected chi connectivity index (χ1v) is 7.78. The quantitative estimate of drug-likeness (QED) is 0.576. The van der Waals surface area contributed by atoms with Crippen molar-refractivity contribution in [2.75, 3.05) is 19.7 Å².